The molecule has 0 aliphatic carbocycles. The lowest BCUT2D eigenvalue weighted by Gasteiger charge is -2.16. The minimum atomic E-state index is 0.132. The molecule has 4 heteroatoms. The lowest BCUT2D eigenvalue weighted by atomic mass is 10.1. The van der Waals surface area contributed by atoms with Crippen molar-refractivity contribution in [2.24, 2.45) is 0 Å². The summed E-state index contributed by atoms with van der Waals surface area (Å²) in [5.41, 5.74) is 2.05. The van der Waals surface area contributed by atoms with E-state index in [1.165, 1.54) is 7.11 Å². The van der Waals surface area contributed by atoms with Crippen LogP contribution in [0.3, 0.4) is 0 Å². The zero-order valence-electron chi connectivity index (χ0n) is 11.6. The summed E-state index contributed by atoms with van der Waals surface area (Å²) in [6.45, 7) is 2.70. The highest BCUT2D eigenvalue weighted by atomic mass is 35.5. The lowest BCUT2D eigenvalue weighted by Crippen LogP contribution is -2.18. The van der Waals surface area contributed by atoms with E-state index < -0.39 is 0 Å². The Balaban J connectivity index is 2.02. The van der Waals surface area contributed by atoms with Crippen LogP contribution in [0.2, 0.25) is 5.02 Å². The fourth-order valence-corrected chi connectivity index (χ4v) is 2.35. The first-order valence-corrected chi connectivity index (χ1v) is 6.83. The van der Waals surface area contributed by atoms with Gasteiger partial charge >= 0.3 is 0 Å². The third-order valence-electron chi connectivity index (χ3n) is 3.23. The maximum Gasteiger partial charge on any atom is 0.160 e. The third kappa shape index (κ3) is 3.44. The van der Waals surface area contributed by atoms with Gasteiger partial charge in [-0.15, -0.1) is 0 Å². The average molecular weight is 292 g/mol. The molecule has 0 aliphatic rings. The van der Waals surface area contributed by atoms with Gasteiger partial charge in [0.15, 0.2) is 11.5 Å². The Labute approximate surface area is 124 Å². The van der Waals surface area contributed by atoms with Gasteiger partial charge in [0.2, 0.25) is 0 Å². The molecule has 0 fully saturated rings. The third-order valence-corrected chi connectivity index (χ3v) is 3.57. The molecule has 0 aliphatic heterocycles. The molecule has 0 saturated carbocycles. The van der Waals surface area contributed by atoms with E-state index in [2.05, 4.69) is 12.2 Å². The largest absolute Gasteiger partial charge is 0.504 e. The Morgan fingerprint density at radius 1 is 1.25 bits per heavy atom. The highest BCUT2D eigenvalue weighted by Crippen LogP contribution is 2.27. The van der Waals surface area contributed by atoms with E-state index in [9.17, 15) is 5.11 Å². The second-order valence-electron chi connectivity index (χ2n) is 4.63. The van der Waals surface area contributed by atoms with E-state index in [4.69, 9.17) is 16.3 Å². The van der Waals surface area contributed by atoms with Gasteiger partial charge in [0.1, 0.15) is 0 Å². The smallest absolute Gasteiger partial charge is 0.160 e. The van der Waals surface area contributed by atoms with Gasteiger partial charge in [-0.2, -0.15) is 0 Å². The van der Waals surface area contributed by atoms with Crippen molar-refractivity contribution in [3.05, 3.63) is 58.6 Å². The van der Waals surface area contributed by atoms with Crippen molar-refractivity contribution in [3.63, 3.8) is 0 Å². The number of phenols is 1. The van der Waals surface area contributed by atoms with Crippen LogP contribution in [0, 0.1) is 0 Å². The summed E-state index contributed by atoms with van der Waals surface area (Å²) in [4.78, 5) is 0. The molecular formula is C16H18ClNO2. The van der Waals surface area contributed by atoms with Gasteiger partial charge in [0.05, 0.1) is 7.11 Å². The van der Waals surface area contributed by atoms with E-state index in [-0.39, 0.29) is 11.8 Å². The van der Waals surface area contributed by atoms with Crippen LogP contribution in [0.4, 0.5) is 0 Å². The molecule has 0 heterocycles. The molecule has 2 N–H and O–H groups in total. The second-order valence-corrected chi connectivity index (χ2v) is 5.04. The Hall–Kier alpha value is -1.71. The molecule has 0 aromatic heterocycles. The number of phenolic OH excluding ortho intramolecular Hbond substituents is 1. The predicted octanol–water partition coefficient (Wildman–Crippen LogP) is 3.91. The zero-order valence-corrected chi connectivity index (χ0v) is 12.3. The summed E-state index contributed by atoms with van der Waals surface area (Å²) in [6, 6.07) is 13.3. The Kier molecular flexibility index (Phi) is 4.88. The number of nitrogens with one attached hydrogen (secondary N) is 1. The van der Waals surface area contributed by atoms with Gasteiger partial charge in [-0.1, -0.05) is 35.9 Å². The maximum atomic E-state index is 9.74. The molecule has 1 unspecified atom stereocenters. The van der Waals surface area contributed by atoms with Crippen molar-refractivity contribution in [3.8, 4) is 11.5 Å². The summed E-state index contributed by atoms with van der Waals surface area (Å²) in [5, 5.41) is 13.9. The van der Waals surface area contributed by atoms with Crippen molar-refractivity contribution in [1.82, 2.24) is 5.32 Å². The van der Waals surface area contributed by atoms with Crippen molar-refractivity contribution in [1.29, 1.82) is 0 Å². The number of halogens is 1. The summed E-state index contributed by atoms with van der Waals surface area (Å²) in [5.74, 6) is 0.630. The van der Waals surface area contributed by atoms with Crippen LogP contribution in [-0.2, 0) is 6.54 Å². The molecule has 106 valence electrons. The minimum absolute atomic E-state index is 0.132. The van der Waals surface area contributed by atoms with Crippen LogP contribution >= 0.6 is 11.6 Å². The lowest BCUT2D eigenvalue weighted by molar-refractivity contribution is 0.373. The van der Waals surface area contributed by atoms with E-state index in [1.807, 2.05) is 30.3 Å². The summed E-state index contributed by atoms with van der Waals surface area (Å²) < 4.78 is 5.02. The normalized spacial score (nSPS) is 12.2. The molecule has 20 heavy (non-hydrogen) atoms. The minimum Gasteiger partial charge on any atom is -0.504 e. The van der Waals surface area contributed by atoms with Gasteiger partial charge in [-0.25, -0.2) is 0 Å². The molecule has 2 aromatic rings. The second kappa shape index (κ2) is 6.64. The van der Waals surface area contributed by atoms with Crippen LogP contribution in [0.25, 0.3) is 0 Å². The predicted molar refractivity (Wildman–Crippen MR) is 81.4 cm³/mol. The molecule has 0 saturated heterocycles. The fourth-order valence-electron chi connectivity index (χ4n) is 2.05. The standard InChI is InChI=1S/C16H18ClNO2/c1-11(13-5-3-4-6-14(13)17)18-10-12-7-8-16(20-2)15(19)9-12/h3-9,11,18-19H,10H2,1-2H3. The average Bonchev–Trinajstić information content (AvgIpc) is 2.45. The first kappa shape index (κ1) is 14.7. The molecule has 2 aromatic carbocycles. The zero-order chi connectivity index (χ0) is 14.5. The first-order chi connectivity index (χ1) is 9.61. The van der Waals surface area contributed by atoms with Crippen LogP contribution in [0.5, 0.6) is 11.5 Å². The van der Waals surface area contributed by atoms with Crippen LogP contribution < -0.4 is 10.1 Å². The van der Waals surface area contributed by atoms with E-state index in [1.54, 1.807) is 12.1 Å². The van der Waals surface area contributed by atoms with Crippen LogP contribution in [-0.4, -0.2) is 12.2 Å². The molecule has 1 atom stereocenters. The first-order valence-electron chi connectivity index (χ1n) is 6.45. The van der Waals surface area contributed by atoms with Crippen molar-refractivity contribution >= 4 is 11.6 Å². The van der Waals surface area contributed by atoms with Crippen molar-refractivity contribution < 1.29 is 9.84 Å². The maximum absolute atomic E-state index is 9.74. The van der Waals surface area contributed by atoms with Crippen LogP contribution in [0.1, 0.15) is 24.1 Å². The molecular weight excluding hydrogens is 274 g/mol. The molecule has 0 amide bonds. The Bertz CT molecular complexity index is 586. The van der Waals surface area contributed by atoms with Gasteiger partial charge < -0.3 is 15.2 Å². The Morgan fingerprint density at radius 2 is 2.00 bits per heavy atom. The molecule has 0 radical (unpaired) electrons. The number of rotatable bonds is 5. The van der Waals surface area contributed by atoms with Gasteiger partial charge in [-0.05, 0) is 36.2 Å². The topological polar surface area (TPSA) is 41.5 Å². The molecule has 0 bridgehead atoms. The van der Waals surface area contributed by atoms with Gasteiger partial charge in [0.25, 0.3) is 0 Å². The SMILES string of the molecule is COc1ccc(CNC(C)c2ccccc2Cl)cc1O. The van der Waals surface area contributed by atoms with Gasteiger partial charge in [0, 0.05) is 17.6 Å². The number of hydrogen-bond acceptors (Lipinski definition) is 3. The number of hydrogen-bond donors (Lipinski definition) is 2. The van der Waals surface area contributed by atoms with Crippen molar-refractivity contribution in [2.45, 2.75) is 19.5 Å². The summed E-state index contributed by atoms with van der Waals surface area (Å²) in [6.07, 6.45) is 0. The Morgan fingerprint density at radius 3 is 2.65 bits per heavy atom. The van der Waals surface area contributed by atoms with E-state index >= 15 is 0 Å². The summed E-state index contributed by atoms with van der Waals surface area (Å²) in [7, 11) is 1.53. The van der Waals surface area contributed by atoms with E-state index in [0.29, 0.717) is 12.3 Å². The molecule has 3 nitrogen and oxygen atoms in total. The number of ether oxygens (including phenoxy) is 1. The monoisotopic (exact) mass is 291 g/mol. The number of methoxy groups -OCH3 is 1. The fraction of sp³-hybridized carbons (Fsp3) is 0.250. The highest BCUT2D eigenvalue weighted by Gasteiger charge is 2.09. The summed E-state index contributed by atoms with van der Waals surface area (Å²) >= 11 is 6.17. The van der Waals surface area contributed by atoms with Crippen LogP contribution in [0.15, 0.2) is 42.5 Å². The highest BCUT2D eigenvalue weighted by molar-refractivity contribution is 6.31. The quantitative estimate of drug-likeness (QED) is 0.878. The number of aromatic hydroxyl groups is 1. The molecule has 0 spiro atoms. The molecule has 2 rings (SSSR count). The number of benzene rings is 2. The van der Waals surface area contributed by atoms with E-state index in [0.717, 1.165) is 16.1 Å². The van der Waals surface area contributed by atoms with Gasteiger partial charge in [-0.3, -0.25) is 0 Å². The van der Waals surface area contributed by atoms with Crippen molar-refractivity contribution in [2.75, 3.05) is 7.11 Å².